The van der Waals surface area contributed by atoms with Gasteiger partial charge in [-0.25, -0.2) is 0 Å². The first kappa shape index (κ1) is 14.7. The van der Waals surface area contributed by atoms with Crippen LogP contribution in [0.25, 0.3) is 0 Å². The standard InChI is InChI=1S/C10H20F3NO/c1-4-9(3,5-6-15)14-8(2)7-10(11,12)13/h8,14-15H,4-7H2,1-3H3. The summed E-state index contributed by atoms with van der Waals surface area (Å²) in [7, 11) is 0. The molecule has 0 aromatic heterocycles. The van der Waals surface area contributed by atoms with E-state index in [2.05, 4.69) is 5.32 Å². The van der Waals surface area contributed by atoms with Crippen molar-refractivity contribution in [3.63, 3.8) is 0 Å². The van der Waals surface area contributed by atoms with Gasteiger partial charge in [-0.2, -0.15) is 13.2 Å². The number of aliphatic hydroxyl groups is 1. The van der Waals surface area contributed by atoms with Crippen LogP contribution in [0.5, 0.6) is 0 Å². The molecule has 0 aliphatic carbocycles. The quantitative estimate of drug-likeness (QED) is 0.730. The highest BCUT2D eigenvalue weighted by Crippen LogP contribution is 2.23. The number of halogens is 3. The van der Waals surface area contributed by atoms with Crippen LogP contribution in [-0.4, -0.2) is 29.5 Å². The van der Waals surface area contributed by atoms with E-state index in [4.69, 9.17) is 5.11 Å². The van der Waals surface area contributed by atoms with Gasteiger partial charge in [-0.1, -0.05) is 6.92 Å². The van der Waals surface area contributed by atoms with Gasteiger partial charge in [0, 0.05) is 18.2 Å². The summed E-state index contributed by atoms with van der Waals surface area (Å²) in [6.45, 7) is 5.22. The molecule has 92 valence electrons. The Morgan fingerprint density at radius 2 is 1.87 bits per heavy atom. The number of nitrogens with one attached hydrogen (secondary N) is 1. The molecule has 0 spiro atoms. The molecule has 0 aromatic rings. The Kier molecular flexibility index (Phi) is 5.59. The lowest BCUT2D eigenvalue weighted by molar-refractivity contribution is -0.140. The molecule has 0 fully saturated rings. The van der Waals surface area contributed by atoms with E-state index in [1.165, 1.54) is 6.92 Å². The lowest BCUT2D eigenvalue weighted by Gasteiger charge is -2.33. The van der Waals surface area contributed by atoms with Crippen molar-refractivity contribution >= 4 is 0 Å². The lowest BCUT2D eigenvalue weighted by atomic mass is 9.93. The Morgan fingerprint density at radius 3 is 2.20 bits per heavy atom. The van der Waals surface area contributed by atoms with Crippen LogP contribution in [0, 0.1) is 0 Å². The third-order valence-corrected chi connectivity index (χ3v) is 2.58. The lowest BCUT2D eigenvalue weighted by Crippen LogP contribution is -2.48. The summed E-state index contributed by atoms with van der Waals surface area (Å²) >= 11 is 0. The maximum Gasteiger partial charge on any atom is 0.390 e. The van der Waals surface area contributed by atoms with E-state index in [1.54, 1.807) is 0 Å². The first-order chi connectivity index (χ1) is 6.72. The van der Waals surface area contributed by atoms with Gasteiger partial charge < -0.3 is 10.4 Å². The van der Waals surface area contributed by atoms with Crippen molar-refractivity contribution in [3.05, 3.63) is 0 Å². The van der Waals surface area contributed by atoms with E-state index >= 15 is 0 Å². The minimum Gasteiger partial charge on any atom is -0.396 e. The van der Waals surface area contributed by atoms with Crippen LogP contribution in [0.4, 0.5) is 13.2 Å². The average Bonchev–Trinajstić information content (AvgIpc) is 2.00. The summed E-state index contributed by atoms with van der Waals surface area (Å²) in [6.07, 6.45) is -3.82. The van der Waals surface area contributed by atoms with E-state index in [1.807, 2.05) is 13.8 Å². The van der Waals surface area contributed by atoms with E-state index in [-0.39, 0.29) is 6.61 Å². The third-order valence-electron chi connectivity index (χ3n) is 2.58. The fraction of sp³-hybridized carbons (Fsp3) is 1.00. The van der Waals surface area contributed by atoms with Gasteiger partial charge in [0.05, 0.1) is 6.42 Å². The smallest absolute Gasteiger partial charge is 0.390 e. The maximum atomic E-state index is 12.1. The SMILES string of the molecule is CCC(C)(CCO)NC(C)CC(F)(F)F. The normalized spacial score (nSPS) is 18.6. The van der Waals surface area contributed by atoms with Gasteiger partial charge in [0.2, 0.25) is 0 Å². The molecule has 0 aromatic carbocycles. The summed E-state index contributed by atoms with van der Waals surface area (Å²) in [4.78, 5) is 0. The van der Waals surface area contributed by atoms with Crippen LogP contribution >= 0.6 is 0 Å². The van der Waals surface area contributed by atoms with Crippen LogP contribution in [0.1, 0.15) is 40.0 Å². The van der Waals surface area contributed by atoms with Gasteiger partial charge in [-0.3, -0.25) is 0 Å². The Bertz CT molecular complexity index is 184. The first-order valence-electron chi connectivity index (χ1n) is 5.18. The van der Waals surface area contributed by atoms with Crippen molar-refractivity contribution in [1.82, 2.24) is 5.32 Å². The summed E-state index contributed by atoms with van der Waals surface area (Å²) in [5, 5.41) is 11.7. The number of hydrogen-bond donors (Lipinski definition) is 2. The molecule has 0 heterocycles. The molecule has 0 rings (SSSR count). The largest absolute Gasteiger partial charge is 0.396 e. The summed E-state index contributed by atoms with van der Waals surface area (Å²) < 4.78 is 36.2. The fourth-order valence-corrected chi connectivity index (χ4v) is 1.59. The second-order valence-corrected chi connectivity index (χ2v) is 4.25. The molecule has 0 saturated heterocycles. The van der Waals surface area contributed by atoms with Gasteiger partial charge in [0.1, 0.15) is 0 Å². The molecule has 2 nitrogen and oxygen atoms in total. The Hall–Kier alpha value is -0.290. The van der Waals surface area contributed by atoms with Crippen LogP contribution in [0.15, 0.2) is 0 Å². The zero-order valence-electron chi connectivity index (χ0n) is 9.49. The Balaban J connectivity index is 4.18. The minimum atomic E-state index is -4.14. The molecule has 0 amide bonds. The maximum absolute atomic E-state index is 12.1. The van der Waals surface area contributed by atoms with E-state index in [0.717, 1.165) is 0 Å². The molecule has 0 saturated carbocycles. The molecule has 2 N–H and O–H groups in total. The van der Waals surface area contributed by atoms with Gasteiger partial charge in [0.15, 0.2) is 0 Å². The second-order valence-electron chi connectivity index (χ2n) is 4.25. The van der Waals surface area contributed by atoms with Gasteiger partial charge in [-0.05, 0) is 26.7 Å². The van der Waals surface area contributed by atoms with Crippen molar-refractivity contribution in [2.24, 2.45) is 0 Å². The van der Waals surface area contributed by atoms with Gasteiger partial charge in [-0.15, -0.1) is 0 Å². The monoisotopic (exact) mass is 227 g/mol. The number of rotatable bonds is 6. The molecule has 0 bridgehead atoms. The topological polar surface area (TPSA) is 32.3 Å². The zero-order chi connectivity index (χ0) is 12.1. The predicted octanol–water partition coefficient (Wildman–Crippen LogP) is 2.47. The molecule has 5 heteroatoms. The molecule has 15 heavy (non-hydrogen) atoms. The zero-order valence-corrected chi connectivity index (χ0v) is 9.49. The van der Waals surface area contributed by atoms with Crippen molar-refractivity contribution in [2.75, 3.05) is 6.61 Å². The first-order valence-corrected chi connectivity index (χ1v) is 5.18. The third kappa shape index (κ3) is 6.73. The van der Waals surface area contributed by atoms with Gasteiger partial charge in [0.25, 0.3) is 0 Å². The van der Waals surface area contributed by atoms with Crippen LogP contribution in [0.3, 0.4) is 0 Å². The van der Waals surface area contributed by atoms with Gasteiger partial charge >= 0.3 is 6.18 Å². The fourth-order valence-electron chi connectivity index (χ4n) is 1.59. The predicted molar refractivity (Wildman–Crippen MR) is 53.7 cm³/mol. The highest BCUT2D eigenvalue weighted by Gasteiger charge is 2.32. The summed E-state index contributed by atoms with van der Waals surface area (Å²) in [6, 6.07) is -0.624. The molecule has 0 aliphatic heterocycles. The number of hydrogen-bond acceptors (Lipinski definition) is 2. The van der Waals surface area contributed by atoms with Crippen molar-refractivity contribution in [3.8, 4) is 0 Å². The van der Waals surface area contributed by atoms with E-state index in [9.17, 15) is 13.2 Å². The number of alkyl halides is 3. The highest BCUT2D eigenvalue weighted by atomic mass is 19.4. The van der Waals surface area contributed by atoms with Crippen LogP contribution < -0.4 is 5.32 Å². The molecule has 0 aliphatic rings. The van der Waals surface area contributed by atoms with Crippen molar-refractivity contribution < 1.29 is 18.3 Å². The molecular weight excluding hydrogens is 207 g/mol. The number of aliphatic hydroxyl groups excluding tert-OH is 1. The average molecular weight is 227 g/mol. The highest BCUT2D eigenvalue weighted by molar-refractivity contribution is 4.84. The van der Waals surface area contributed by atoms with Crippen molar-refractivity contribution in [2.45, 2.75) is 57.8 Å². The molecule has 2 atom stereocenters. The van der Waals surface area contributed by atoms with Crippen LogP contribution in [0.2, 0.25) is 0 Å². The Labute approximate surface area is 88.9 Å². The second kappa shape index (κ2) is 5.70. The Morgan fingerprint density at radius 1 is 1.33 bits per heavy atom. The van der Waals surface area contributed by atoms with Crippen molar-refractivity contribution in [1.29, 1.82) is 0 Å². The minimum absolute atomic E-state index is 0.0178. The van der Waals surface area contributed by atoms with E-state index in [0.29, 0.717) is 12.8 Å². The van der Waals surface area contributed by atoms with E-state index < -0.39 is 24.2 Å². The molecule has 0 radical (unpaired) electrons. The summed E-state index contributed by atoms with van der Waals surface area (Å²) in [5.74, 6) is 0. The molecular formula is C10H20F3NO. The summed E-state index contributed by atoms with van der Waals surface area (Å²) in [5.41, 5.74) is -0.417. The van der Waals surface area contributed by atoms with Crippen LogP contribution in [-0.2, 0) is 0 Å². The molecule has 2 unspecified atom stereocenters.